The molecule has 0 fully saturated rings. The smallest absolute Gasteiger partial charge is 0.743 e. The van der Waals surface area contributed by atoms with Gasteiger partial charge in [-0.15, -0.1) is 0 Å². The molecular formula is C5H9F2NaO3S. The van der Waals surface area contributed by atoms with Gasteiger partial charge in [0.2, 0.25) is 0 Å². The summed E-state index contributed by atoms with van der Waals surface area (Å²) in [5, 5.41) is -4.09. The average Bonchev–Trinajstić information content (AvgIpc) is 1.81. The predicted molar refractivity (Wildman–Crippen MR) is 34.2 cm³/mol. The van der Waals surface area contributed by atoms with Crippen LogP contribution in [0.25, 0.3) is 0 Å². The van der Waals surface area contributed by atoms with Crippen molar-refractivity contribution < 1.29 is 51.3 Å². The first-order valence-corrected chi connectivity index (χ1v) is 4.55. The second-order valence-electron chi connectivity index (χ2n) is 2.20. The number of halogens is 2. The summed E-state index contributed by atoms with van der Waals surface area (Å²) >= 11 is 0. The molecule has 0 N–H and O–H groups in total. The van der Waals surface area contributed by atoms with Gasteiger partial charge in [0.15, 0.2) is 10.1 Å². The van der Waals surface area contributed by atoms with E-state index in [4.69, 9.17) is 0 Å². The van der Waals surface area contributed by atoms with Gasteiger partial charge in [0, 0.05) is 6.42 Å². The van der Waals surface area contributed by atoms with Gasteiger partial charge >= 0.3 is 34.8 Å². The molecule has 0 radical (unpaired) electrons. The third-order valence-electron chi connectivity index (χ3n) is 1.19. The number of hydrogen-bond donors (Lipinski definition) is 0. The fourth-order valence-corrected chi connectivity index (χ4v) is 0.902. The summed E-state index contributed by atoms with van der Waals surface area (Å²) in [5.41, 5.74) is 0. The molecule has 0 aromatic heterocycles. The van der Waals surface area contributed by atoms with Crippen LogP contribution in [0.15, 0.2) is 0 Å². The first-order valence-electron chi connectivity index (χ1n) is 3.14. The van der Waals surface area contributed by atoms with Crippen molar-refractivity contribution in [1.29, 1.82) is 0 Å². The van der Waals surface area contributed by atoms with Crippen LogP contribution >= 0.6 is 0 Å². The van der Waals surface area contributed by atoms with Gasteiger partial charge in [-0.05, 0) is 6.42 Å². The molecule has 0 unspecified atom stereocenters. The van der Waals surface area contributed by atoms with E-state index in [0.717, 1.165) is 0 Å². The molecule has 0 saturated heterocycles. The van der Waals surface area contributed by atoms with E-state index in [-0.39, 0.29) is 36.0 Å². The molecule has 7 heteroatoms. The summed E-state index contributed by atoms with van der Waals surface area (Å²) in [6, 6.07) is 0. The van der Waals surface area contributed by atoms with Crippen molar-refractivity contribution in [3.8, 4) is 0 Å². The molecular weight excluding hydrogens is 201 g/mol. The number of hydrogen-bond acceptors (Lipinski definition) is 3. The summed E-state index contributed by atoms with van der Waals surface area (Å²) in [6.07, 6.45) is -0.408. The Kier molecular flexibility index (Phi) is 6.98. The van der Waals surface area contributed by atoms with E-state index in [1.54, 1.807) is 6.92 Å². The molecule has 0 aromatic carbocycles. The van der Waals surface area contributed by atoms with Crippen LogP contribution in [0.5, 0.6) is 0 Å². The zero-order valence-electron chi connectivity index (χ0n) is 7.01. The van der Waals surface area contributed by atoms with E-state index in [9.17, 15) is 21.8 Å². The monoisotopic (exact) mass is 210 g/mol. The fourth-order valence-electron chi connectivity index (χ4n) is 0.508. The zero-order chi connectivity index (χ0) is 9.12. The van der Waals surface area contributed by atoms with Crippen molar-refractivity contribution in [1.82, 2.24) is 0 Å². The van der Waals surface area contributed by atoms with Gasteiger partial charge in [-0.25, -0.2) is 8.42 Å². The van der Waals surface area contributed by atoms with Crippen LogP contribution in [0.1, 0.15) is 26.2 Å². The van der Waals surface area contributed by atoms with E-state index in [1.165, 1.54) is 0 Å². The van der Waals surface area contributed by atoms with E-state index in [1.807, 2.05) is 0 Å². The minimum Gasteiger partial charge on any atom is -0.743 e. The van der Waals surface area contributed by atoms with Crippen LogP contribution in [0, 0.1) is 0 Å². The van der Waals surface area contributed by atoms with Gasteiger partial charge in [-0.3, -0.25) is 0 Å². The van der Waals surface area contributed by atoms with Crippen LogP contribution in [0.4, 0.5) is 8.78 Å². The van der Waals surface area contributed by atoms with Gasteiger partial charge in [0.25, 0.3) is 0 Å². The Labute approximate surface area is 92.6 Å². The molecule has 12 heavy (non-hydrogen) atoms. The Morgan fingerprint density at radius 1 is 1.42 bits per heavy atom. The Morgan fingerprint density at radius 3 is 2.08 bits per heavy atom. The second-order valence-corrected chi connectivity index (χ2v) is 3.70. The predicted octanol–water partition coefficient (Wildman–Crippen LogP) is -1.68. The van der Waals surface area contributed by atoms with Crippen LogP contribution < -0.4 is 29.6 Å². The largest absolute Gasteiger partial charge is 1.00 e. The maximum atomic E-state index is 12.2. The number of unbranched alkanes of at least 4 members (excludes halogenated alkanes) is 1. The summed E-state index contributed by atoms with van der Waals surface area (Å²) in [4.78, 5) is 0. The SMILES string of the molecule is CCCCC(F)(F)S(=O)(=O)[O-].[Na+]. The van der Waals surface area contributed by atoms with E-state index >= 15 is 0 Å². The molecule has 0 rings (SSSR count). The molecule has 0 atom stereocenters. The van der Waals surface area contributed by atoms with Gasteiger partial charge in [0.1, 0.15) is 0 Å². The molecule has 3 nitrogen and oxygen atoms in total. The molecule has 68 valence electrons. The zero-order valence-corrected chi connectivity index (χ0v) is 9.83. The van der Waals surface area contributed by atoms with Crippen molar-refractivity contribution in [3.63, 3.8) is 0 Å². The van der Waals surface area contributed by atoms with Gasteiger partial charge in [-0.1, -0.05) is 13.3 Å². The molecule has 0 amide bonds. The van der Waals surface area contributed by atoms with Crippen LogP contribution in [0.3, 0.4) is 0 Å². The second kappa shape index (κ2) is 5.49. The molecule has 0 aromatic rings. The maximum Gasteiger partial charge on any atom is 1.00 e. The summed E-state index contributed by atoms with van der Waals surface area (Å²) in [5.74, 6) is 0. The van der Waals surface area contributed by atoms with Crippen molar-refractivity contribution >= 4 is 10.1 Å². The van der Waals surface area contributed by atoms with Crippen LogP contribution in [0.2, 0.25) is 0 Å². The molecule has 0 aliphatic carbocycles. The molecule has 0 bridgehead atoms. The fraction of sp³-hybridized carbons (Fsp3) is 1.00. The van der Waals surface area contributed by atoms with Gasteiger partial charge in [-0.2, -0.15) is 8.78 Å². The quantitative estimate of drug-likeness (QED) is 0.411. The molecule has 0 aliphatic rings. The minimum atomic E-state index is -5.46. The van der Waals surface area contributed by atoms with Crippen molar-refractivity contribution in [2.24, 2.45) is 0 Å². The van der Waals surface area contributed by atoms with Crippen LogP contribution in [-0.2, 0) is 10.1 Å². The van der Waals surface area contributed by atoms with Crippen molar-refractivity contribution in [2.75, 3.05) is 0 Å². The van der Waals surface area contributed by atoms with Crippen molar-refractivity contribution in [3.05, 3.63) is 0 Å². The molecule has 0 aliphatic heterocycles. The van der Waals surface area contributed by atoms with E-state index in [0.29, 0.717) is 6.42 Å². The standard InChI is InChI=1S/C5H10F2O3S.Na/c1-2-3-4-5(6,7)11(8,9)10;/h2-4H2,1H3,(H,8,9,10);/q;+1/p-1. The Balaban J connectivity index is 0. The van der Waals surface area contributed by atoms with Gasteiger partial charge in [0.05, 0.1) is 0 Å². The maximum absolute atomic E-state index is 12.2. The summed E-state index contributed by atoms with van der Waals surface area (Å²) in [6.45, 7) is 1.63. The average molecular weight is 210 g/mol. The molecule has 0 saturated carbocycles. The molecule has 0 spiro atoms. The first-order chi connectivity index (χ1) is 4.81. The minimum absolute atomic E-state index is 0. The summed E-state index contributed by atoms with van der Waals surface area (Å²) in [7, 11) is -5.46. The van der Waals surface area contributed by atoms with Gasteiger partial charge < -0.3 is 4.55 Å². The van der Waals surface area contributed by atoms with E-state index in [2.05, 4.69) is 0 Å². The third kappa shape index (κ3) is 4.71. The Bertz CT molecular complexity index is 215. The topological polar surface area (TPSA) is 57.2 Å². The van der Waals surface area contributed by atoms with Crippen molar-refractivity contribution in [2.45, 2.75) is 31.4 Å². The Hall–Kier alpha value is 0.770. The van der Waals surface area contributed by atoms with Crippen LogP contribution in [-0.4, -0.2) is 18.2 Å². The first kappa shape index (κ1) is 15.3. The number of rotatable bonds is 4. The normalized spacial score (nSPS) is 12.3. The van der Waals surface area contributed by atoms with E-state index < -0.39 is 21.8 Å². The Morgan fingerprint density at radius 2 is 1.83 bits per heavy atom. The molecule has 0 heterocycles. The third-order valence-corrected chi connectivity index (χ3v) is 2.12. The number of alkyl halides is 2. The summed E-state index contributed by atoms with van der Waals surface area (Å²) < 4.78 is 54.0.